The molecule has 2 aromatic heterocycles. The van der Waals surface area contributed by atoms with E-state index in [0.717, 1.165) is 17.0 Å². The first kappa shape index (κ1) is 16.6. The van der Waals surface area contributed by atoms with Crippen molar-refractivity contribution in [2.45, 2.75) is 31.2 Å². The fourth-order valence-electron chi connectivity index (χ4n) is 2.57. The van der Waals surface area contributed by atoms with Crippen molar-refractivity contribution < 1.29 is 4.52 Å². The molecule has 126 valence electrons. The summed E-state index contributed by atoms with van der Waals surface area (Å²) < 4.78 is 7.11. The van der Waals surface area contributed by atoms with Gasteiger partial charge in [-0.25, -0.2) is 0 Å². The molecular weight excluding hydrogens is 322 g/mol. The van der Waals surface area contributed by atoms with E-state index in [-0.39, 0.29) is 5.92 Å². The van der Waals surface area contributed by atoms with Crippen molar-refractivity contribution >= 4 is 17.6 Å². The number of anilines is 1. The highest BCUT2D eigenvalue weighted by molar-refractivity contribution is 7.98. The van der Waals surface area contributed by atoms with Crippen LogP contribution in [0.3, 0.4) is 0 Å². The predicted octanol–water partition coefficient (Wildman–Crippen LogP) is 3.43. The molecule has 0 aliphatic carbocycles. The number of nitrogens with two attached hydrogens (primary N) is 1. The van der Waals surface area contributed by atoms with Gasteiger partial charge in [0.15, 0.2) is 0 Å². The van der Waals surface area contributed by atoms with Crippen molar-refractivity contribution in [3.63, 3.8) is 0 Å². The maximum Gasteiger partial charge on any atom is 0.230 e. The van der Waals surface area contributed by atoms with Crippen molar-refractivity contribution in [1.29, 1.82) is 0 Å². The van der Waals surface area contributed by atoms with E-state index in [1.807, 2.05) is 6.26 Å². The zero-order valence-corrected chi connectivity index (χ0v) is 15.1. The van der Waals surface area contributed by atoms with Crippen molar-refractivity contribution in [1.82, 2.24) is 19.9 Å². The molecule has 0 radical (unpaired) electrons. The van der Waals surface area contributed by atoms with Gasteiger partial charge in [0.1, 0.15) is 10.8 Å². The van der Waals surface area contributed by atoms with Crippen LogP contribution in [0.2, 0.25) is 0 Å². The van der Waals surface area contributed by atoms with E-state index >= 15 is 0 Å². The fourth-order valence-corrected chi connectivity index (χ4v) is 3.17. The quantitative estimate of drug-likeness (QED) is 0.715. The van der Waals surface area contributed by atoms with Crippen LogP contribution in [0, 0.1) is 6.92 Å². The molecule has 1 aromatic carbocycles. The summed E-state index contributed by atoms with van der Waals surface area (Å²) in [7, 11) is 1.81. The number of aryl methyl sites for hydroxylation is 2. The van der Waals surface area contributed by atoms with Gasteiger partial charge >= 0.3 is 0 Å². The Bertz CT molecular complexity index is 837. The Labute approximate surface area is 145 Å². The van der Waals surface area contributed by atoms with Crippen LogP contribution in [0.1, 0.15) is 29.9 Å². The highest BCUT2D eigenvalue weighted by atomic mass is 32.2. The predicted molar refractivity (Wildman–Crippen MR) is 96.0 cm³/mol. The number of aromatic nitrogens is 4. The van der Waals surface area contributed by atoms with E-state index < -0.39 is 0 Å². The van der Waals surface area contributed by atoms with Crippen LogP contribution < -0.4 is 5.73 Å². The molecule has 1 unspecified atom stereocenters. The summed E-state index contributed by atoms with van der Waals surface area (Å²) in [6.45, 7) is 4.17. The van der Waals surface area contributed by atoms with Crippen molar-refractivity contribution in [3.05, 3.63) is 41.3 Å². The van der Waals surface area contributed by atoms with E-state index in [2.05, 4.69) is 53.4 Å². The smallest absolute Gasteiger partial charge is 0.230 e. The number of nitrogen functional groups attached to an aromatic ring is 1. The Balaban J connectivity index is 1.84. The molecular formula is C17H21N5OS. The van der Waals surface area contributed by atoms with E-state index in [4.69, 9.17) is 10.3 Å². The molecule has 0 bridgehead atoms. The summed E-state index contributed by atoms with van der Waals surface area (Å²) in [5.74, 6) is 1.78. The maximum absolute atomic E-state index is 6.10. The monoisotopic (exact) mass is 343 g/mol. The van der Waals surface area contributed by atoms with Crippen LogP contribution in [0.4, 0.5) is 5.82 Å². The van der Waals surface area contributed by atoms with Gasteiger partial charge in [-0.1, -0.05) is 41.9 Å². The molecule has 0 saturated carbocycles. The molecule has 0 aliphatic heterocycles. The first-order valence-electron chi connectivity index (χ1n) is 7.75. The SMILES string of the molecule is CSc1nn(C)c(N)c1-c1noc(C(C)Cc2ccc(C)cc2)n1. The van der Waals surface area contributed by atoms with E-state index in [1.54, 1.807) is 11.7 Å². The Hall–Kier alpha value is -2.28. The zero-order chi connectivity index (χ0) is 17.3. The fraction of sp³-hybridized carbons (Fsp3) is 0.353. The van der Waals surface area contributed by atoms with Gasteiger partial charge < -0.3 is 10.3 Å². The van der Waals surface area contributed by atoms with Crippen LogP contribution in [-0.2, 0) is 13.5 Å². The van der Waals surface area contributed by atoms with Gasteiger partial charge in [0.25, 0.3) is 0 Å². The molecule has 2 N–H and O–H groups in total. The molecule has 24 heavy (non-hydrogen) atoms. The first-order chi connectivity index (χ1) is 11.5. The lowest BCUT2D eigenvalue weighted by Gasteiger charge is -2.06. The Morgan fingerprint density at radius 1 is 1.29 bits per heavy atom. The number of nitrogens with zero attached hydrogens (tertiary/aromatic N) is 4. The van der Waals surface area contributed by atoms with E-state index in [1.165, 1.54) is 22.9 Å². The third kappa shape index (κ3) is 3.17. The molecule has 0 spiro atoms. The van der Waals surface area contributed by atoms with Crippen molar-refractivity contribution in [3.8, 4) is 11.4 Å². The highest BCUT2D eigenvalue weighted by Gasteiger charge is 2.22. The molecule has 6 nitrogen and oxygen atoms in total. The number of hydrogen-bond acceptors (Lipinski definition) is 6. The van der Waals surface area contributed by atoms with Crippen LogP contribution >= 0.6 is 11.8 Å². The Morgan fingerprint density at radius 3 is 2.67 bits per heavy atom. The third-order valence-electron chi connectivity index (χ3n) is 4.00. The molecule has 1 atom stereocenters. The molecule has 3 aromatic rings. The summed E-state index contributed by atoms with van der Waals surface area (Å²) in [6, 6.07) is 8.49. The van der Waals surface area contributed by atoms with Crippen LogP contribution in [0.15, 0.2) is 33.8 Å². The van der Waals surface area contributed by atoms with Crippen LogP contribution in [-0.4, -0.2) is 26.2 Å². The lowest BCUT2D eigenvalue weighted by Crippen LogP contribution is -2.00. The summed E-state index contributed by atoms with van der Waals surface area (Å²) in [6.07, 6.45) is 2.80. The summed E-state index contributed by atoms with van der Waals surface area (Å²) in [5.41, 5.74) is 9.34. The average molecular weight is 343 g/mol. The van der Waals surface area contributed by atoms with Gasteiger partial charge in [0.2, 0.25) is 11.7 Å². The zero-order valence-electron chi connectivity index (χ0n) is 14.3. The molecule has 0 fully saturated rings. The summed E-state index contributed by atoms with van der Waals surface area (Å²) >= 11 is 1.51. The van der Waals surface area contributed by atoms with Gasteiger partial charge in [-0.15, -0.1) is 11.8 Å². The first-order valence-corrected chi connectivity index (χ1v) is 8.98. The lowest BCUT2D eigenvalue weighted by molar-refractivity contribution is 0.359. The number of rotatable bonds is 5. The molecule has 0 saturated heterocycles. The summed E-state index contributed by atoms with van der Waals surface area (Å²) in [4.78, 5) is 4.55. The Morgan fingerprint density at radius 2 is 2.00 bits per heavy atom. The van der Waals surface area contributed by atoms with Gasteiger partial charge in [-0.3, -0.25) is 4.68 Å². The number of thioether (sulfide) groups is 1. The standard InChI is InChI=1S/C17H21N5OS/c1-10-5-7-12(8-6-10)9-11(2)16-19-15(21-23-16)13-14(18)22(3)20-17(13)24-4/h5-8,11H,9,18H2,1-4H3. The van der Waals surface area contributed by atoms with E-state index in [0.29, 0.717) is 17.5 Å². The van der Waals surface area contributed by atoms with Crippen LogP contribution in [0.5, 0.6) is 0 Å². The van der Waals surface area contributed by atoms with Gasteiger partial charge in [-0.2, -0.15) is 10.1 Å². The van der Waals surface area contributed by atoms with Gasteiger partial charge in [-0.05, 0) is 25.2 Å². The second kappa shape index (κ2) is 6.68. The molecule has 2 heterocycles. The minimum Gasteiger partial charge on any atom is -0.383 e. The molecule has 3 rings (SSSR count). The van der Waals surface area contributed by atoms with Crippen molar-refractivity contribution in [2.75, 3.05) is 12.0 Å². The van der Waals surface area contributed by atoms with E-state index in [9.17, 15) is 0 Å². The van der Waals surface area contributed by atoms with Gasteiger partial charge in [0, 0.05) is 13.0 Å². The third-order valence-corrected chi connectivity index (χ3v) is 4.67. The second-order valence-corrected chi connectivity index (χ2v) is 6.74. The average Bonchev–Trinajstić information content (AvgIpc) is 3.15. The van der Waals surface area contributed by atoms with Crippen molar-refractivity contribution in [2.24, 2.45) is 7.05 Å². The van der Waals surface area contributed by atoms with Crippen LogP contribution in [0.25, 0.3) is 11.4 Å². The second-order valence-electron chi connectivity index (χ2n) is 5.94. The molecule has 0 aliphatic rings. The molecule has 0 amide bonds. The minimum absolute atomic E-state index is 0.129. The Kier molecular flexibility index (Phi) is 4.62. The summed E-state index contributed by atoms with van der Waals surface area (Å²) in [5, 5.41) is 9.28. The molecule has 7 heteroatoms. The van der Waals surface area contributed by atoms with Gasteiger partial charge in [0.05, 0.1) is 5.56 Å². The normalized spacial score (nSPS) is 12.5. The number of benzene rings is 1. The maximum atomic E-state index is 6.10. The minimum atomic E-state index is 0.129. The number of hydrogen-bond donors (Lipinski definition) is 1. The largest absolute Gasteiger partial charge is 0.383 e. The lowest BCUT2D eigenvalue weighted by atomic mass is 10.0. The topological polar surface area (TPSA) is 82.8 Å². The highest BCUT2D eigenvalue weighted by Crippen LogP contribution is 2.33.